The second-order valence-electron chi connectivity index (χ2n) is 3.34. The largest absolute Gasteiger partial charge is 0.351 e. The van der Waals surface area contributed by atoms with Crippen molar-refractivity contribution in [2.45, 2.75) is 19.5 Å². The molecule has 0 atom stereocenters. The third-order valence-corrected chi connectivity index (χ3v) is 2.32. The van der Waals surface area contributed by atoms with E-state index < -0.39 is 6.17 Å². The Morgan fingerprint density at radius 3 is 2.92 bits per heavy atom. The number of pyridine rings is 1. The van der Waals surface area contributed by atoms with Gasteiger partial charge in [0.1, 0.15) is 12.0 Å². The van der Waals surface area contributed by atoms with Gasteiger partial charge in [-0.2, -0.15) is 0 Å². The molecule has 3 heteroatoms. The average Bonchev–Trinajstić information content (AvgIpc) is 2.13. The lowest BCUT2D eigenvalue weighted by Crippen LogP contribution is -2.48. The van der Waals surface area contributed by atoms with Crippen LogP contribution in [0.4, 0.5) is 10.2 Å². The standard InChI is InChI=1S/C10H13FN2/c1-2-9-4-3-5-10(12-9)13-6-8(11)7-13/h3-5,8H,2,6-7H2,1H3. The molecule has 2 rings (SSSR count). The number of hydrogen-bond acceptors (Lipinski definition) is 2. The monoisotopic (exact) mass is 180 g/mol. The summed E-state index contributed by atoms with van der Waals surface area (Å²) in [7, 11) is 0. The zero-order valence-electron chi connectivity index (χ0n) is 7.70. The molecule has 0 unspecified atom stereocenters. The Morgan fingerprint density at radius 1 is 1.54 bits per heavy atom. The van der Waals surface area contributed by atoms with Gasteiger partial charge in [0.05, 0.1) is 13.1 Å². The first-order valence-electron chi connectivity index (χ1n) is 4.64. The number of alkyl halides is 1. The number of hydrogen-bond donors (Lipinski definition) is 0. The molecule has 0 radical (unpaired) electrons. The number of anilines is 1. The number of aryl methyl sites for hydroxylation is 1. The van der Waals surface area contributed by atoms with Gasteiger partial charge < -0.3 is 4.90 Å². The highest BCUT2D eigenvalue weighted by Crippen LogP contribution is 2.20. The number of nitrogens with zero attached hydrogens (tertiary/aromatic N) is 2. The molecule has 0 N–H and O–H groups in total. The van der Waals surface area contributed by atoms with Crippen molar-refractivity contribution in [1.29, 1.82) is 0 Å². The Kier molecular flexibility index (Phi) is 2.17. The highest BCUT2D eigenvalue weighted by atomic mass is 19.1. The summed E-state index contributed by atoms with van der Waals surface area (Å²) in [5.74, 6) is 0.910. The number of halogens is 1. The lowest BCUT2D eigenvalue weighted by Gasteiger charge is -2.35. The molecule has 1 aromatic rings. The molecule has 0 aromatic carbocycles. The fraction of sp³-hybridized carbons (Fsp3) is 0.500. The third-order valence-electron chi connectivity index (χ3n) is 2.32. The molecule has 1 saturated heterocycles. The summed E-state index contributed by atoms with van der Waals surface area (Å²) in [6, 6.07) is 5.91. The summed E-state index contributed by atoms with van der Waals surface area (Å²) in [5.41, 5.74) is 1.07. The van der Waals surface area contributed by atoms with Gasteiger partial charge in [-0.15, -0.1) is 0 Å². The fourth-order valence-corrected chi connectivity index (χ4v) is 1.45. The summed E-state index contributed by atoms with van der Waals surface area (Å²) < 4.78 is 12.6. The Bertz CT molecular complexity index is 295. The van der Waals surface area contributed by atoms with Gasteiger partial charge in [0.25, 0.3) is 0 Å². The van der Waals surface area contributed by atoms with Crippen molar-refractivity contribution in [3.63, 3.8) is 0 Å². The Balaban J connectivity index is 2.12. The van der Waals surface area contributed by atoms with Gasteiger partial charge in [0, 0.05) is 5.69 Å². The predicted molar refractivity (Wildman–Crippen MR) is 50.7 cm³/mol. The Hall–Kier alpha value is -1.12. The minimum atomic E-state index is -0.660. The maximum atomic E-state index is 12.6. The molecule has 0 amide bonds. The van der Waals surface area contributed by atoms with Crippen LogP contribution in [0, 0.1) is 0 Å². The van der Waals surface area contributed by atoms with Crippen LogP contribution in [-0.2, 0) is 6.42 Å². The maximum Gasteiger partial charge on any atom is 0.135 e. The zero-order chi connectivity index (χ0) is 9.26. The molecule has 0 bridgehead atoms. The van der Waals surface area contributed by atoms with E-state index in [9.17, 15) is 4.39 Å². The van der Waals surface area contributed by atoms with Gasteiger partial charge in [-0.05, 0) is 18.6 Å². The summed E-state index contributed by atoms with van der Waals surface area (Å²) in [6.45, 7) is 3.07. The van der Waals surface area contributed by atoms with E-state index in [0.29, 0.717) is 13.1 Å². The van der Waals surface area contributed by atoms with Crippen LogP contribution in [-0.4, -0.2) is 24.2 Å². The molecule has 0 spiro atoms. The van der Waals surface area contributed by atoms with Gasteiger partial charge in [0.15, 0.2) is 0 Å². The van der Waals surface area contributed by atoms with E-state index in [1.165, 1.54) is 0 Å². The average molecular weight is 180 g/mol. The van der Waals surface area contributed by atoms with Crippen molar-refractivity contribution in [2.75, 3.05) is 18.0 Å². The minimum absolute atomic E-state index is 0.500. The van der Waals surface area contributed by atoms with Gasteiger partial charge in [0.2, 0.25) is 0 Å². The molecule has 13 heavy (non-hydrogen) atoms. The maximum absolute atomic E-state index is 12.6. The van der Waals surface area contributed by atoms with E-state index in [4.69, 9.17) is 0 Å². The molecule has 1 fully saturated rings. The number of aromatic nitrogens is 1. The van der Waals surface area contributed by atoms with Crippen molar-refractivity contribution in [2.24, 2.45) is 0 Å². The first kappa shape index (κ1) is 8.48. The van der Waals surface area contributed by atoms with Gasteiger partial charge in [-0.3, -0.25) is 0 Å². The Morgan fingerprint density at radius 2 is 2.31 bits per heavy atom. The highest BCUT2D eigenvalue weighted by molar-refractivity contribution is 5.42. The molecule has 70 valence electrons. The van der Waals surface area contributed by atoms with Crippen LogP contribution in [0.3, 0.4) is 0 Å². The van der Waals surface area contributed by atoms with Crippen molar-refractivity contribution in [3.8, 4) is 0 Å². The van der Waals surface area contributed by atoms with E-state index >= 15 is 0 Å². The topological polar surface area (TPSA) is 16.1 Å². The molecule has 0 saturated carbocycles. The van der Waals surface area contributed by atoms with Crippen LogP contribution in [0.15, 0.2) is 18.2 Å². The first-order chi connectivity index (χ1) is 6.29. The Labute approximate surface area is 77.4 Å². The van der Waals surface area contributed by atoms with E-state index in [-0.39, 0.29) is 0 Å². The van der Waals surface area contributed by atoms with E-state index in [1.807, 2.05) is 23.1 Å². The first-order valence-corrected chi connectivity index (χ1v) is 4.64. The summed E-state index contributed by atoms with van der Waals surface area (Å²) >= 11 is 0. The van der Waals surface area contributed by atoms with Crippen molar-refractivity contribution in [1.82, 2.24) is 4.98 Å². The van der Waals surface area contributed by atoms with Crippen LogP contribution in [0.1, 0.15) is 12.6 Å². The van der Waals surface area contributed by atoms with Gasteiger partial charge in [-0.25, -0.2) is 9.37 Å². The highest BCUT2D eigenvalue weighted by Gasteiger charge is 2.26. The van der Waals surface area contributed by atoms with Crippen LogP contribution >= 0.6 is 0 Å². The van der Waals surface area contributed by atoms with E-state index in [0.717, 1.165) is 17.9 Å². The van der Waals surface area contributed by atoms with Crippen LogP contribution in [0.25, 0.3) is 0 Å². The number of rotatable bonds is 2. The van der Waals surface area contributed by atoms with Crippen molar-refractivity contribution < 1.29 is 4.39 Å². The molecule has 1 aromatic heterocycles. The van der Waals surface area contributed by atoms with Crippen molar-refractivity contribution in [3.05, 3.63) is 23.9 Å². The smallest absolute Gasteiger partial charge is 0.135 e. The van der Waals surface area contributed by atoms with E-state index in [2.05, 4.69) is 11.9 Å². The lowest BCUT2D eigenvalue weighted by atomic mass is 10.2. The molecule has 1 aliphatic rings. The van der Waals surface area contributed by atoms with Crippen LogP contribution in [0.5, 0.6) is 0 Å². The minimum Gasteiger partial charge on any atom is -0.351 e. The molecular weight excluding hydrogens is 167 g/mol. The van der Waals surface area contributed by atoms with E-state index in [1.54, 1.807) is 0 Å². The second-order valence-corrected chi connectivity index (χ2v) is 3.34. The van der Waals surface area contributed by atoms with Crippen LogP contribution in [0.2, 0.25) is 0 Å². The lowest BCUT2D eigenvalue weighted by molar-refractivity contribution is 0.273. The van der Waals surface area contributed by atoms with Gasteiger partial charge in [-0.1, -0.05) is 13.0 Å². The second kappa shape index (κ2) is 3.32. The molecule has 2 nitrogen and oxygen atoms in total. The summed E-state index contributed by atoms with van der Waals surface area (Å²) in [6.07, 6.45) is 0.271. The van der Waals surface area contributed by atoms with Crippen molar-refractivity contribution >= 4 is 5.82 Å². The van der Waals surface area contributed by atoms with Gasteiger partial charge >= 0.3 is 0 Å². The molecule has 1 aliphatic heterocycles. The molecule has 2 heterocycles. The predicted octanol–water partition coefficient (Wildman–Crippen LogP) is 1.80. The quantitative estimate of drug-likeness (QED) is 0.690. The summed E-state index contributed by atoms with van der Waals surface area (Å²) in [4.78, 5) is 6.37. The zero-order valence-corrected chi connectivity index (χ0v) is 7.70. The normalized spacial score (nSPS) is 17.2. The fourth-order valence-electron chi connectivity index (χ4n) is 1.45. The SMILES string of the molecule is CCc1cccc(N2CC(F)C2)n1. The van der Waals surface area contributed by atoms with Crippen LogP contribution < -0.4 is 4.90 Å². The summed E-state index contributed by atoms with van der Waals surface area (Å²) in [5, 5.41) is 0. The third kappa shape index (κ3) is 1.64. The molecule has 0 aliphatic carbocycles. The molecular formula is C10H13FN2.